The van der Waals surface area contributed by atoms with Gasteiger partial charge in [-0.3, -0.25) is 4.98 Å². The highest BCUT2D eigenvalue weighted by Gasteiger charge is 2.09. The first kappa shape index (κ1) is 12.3. The summed E-state index contributed by atoms with van der Waals surface area (Å²) in [7, 11) is 0. The molecule has 0 radical (unpaired) electrons. The second-order valence-corrected chi connectivity index (χ2v) is 6.47. The molecule has 0 aliphatic rings. The highest BCUT2D eigenvalue weighted by molar-refractivity contribution is 7.12. The summed E-state index contributed by atoms with van der Waals surface area (Å²) in [6.45, 7) is 8.49. The molecule has 2 nitrogen and oxygen atoms in total. The van der Waals surface area contributed by atoms with Crippen LogP contribution in [-0.4, -0.2) is 9.97 Å². The Bertz CT molecular complexity index is 772. The fourth-order valence-electron chi connectivity index (χ4n) is 2.28. The highest BCUT2D eigenvalue weighted by Crippen LogP contribution is 2.30. The molecule has 3 rings (SSSR count). The molecule has 0 amide bonds. The van der Waals surface area contributed by atoms with Gasteiger partial charge in [-0.05, 0) is 57.0 Å². The number of benzene rings is 1. The van der Waals surface area contributed by atoms with Gasteiger partial charge in [0.25, 0.3) is 0 Å². The van der Waals surface area contributed by atoms with Gasteiger partial charge < -0.3 is 0 Å². The van der Waals surface area contributed by atoms with Crippen molar-refractivity contribution in [3.05, 3.63) is 45.3 Å². The van der Waals surface area contributed by atoms with Crippen LogP contribution in [-0.2, 0) is 0 Å². The van der Waals surface area contributed by atoms with Gasteiger partial charge in [-0.15, -0.1) is 11.3 Å². The molecule has 0 unspecified atom stereocenters. The highest BCUT2D eigenvalue weighted by atomic mass is 32.1. The Morgan fingerprint density at radius 2 is 1.58 bits per heavy atom. The first-order chi connectivity index (χ1) is 9.04. The zero-order valence-electron chi connectivity index (χ0n) is 11.6. The van der Waals surface area contributed by atoms with Gasteiger partial charge in [0.05, 0.1) is 22.9 Å². The fourth-order valence-corrected chi connectivity index (χ4v) is 3.22. The van der Waals surface area contributed by atoms with Crippen LogP contribution >= 0.6 is 11.3 Å². The molecule has 0 atom stereocenters. The molecule has 0 bridgehead atoms. The van der Waals surface area contributed by atoms with Crippen molar-refractivity contribution in [3.63, 3.8) is 0 Å². The molecule has 3 heteroatoms. The third-order valence-corrected chi connectivity index (χ3v) is 4.44. The van der Waals surface area contributed by atoms with Gasteiger partial charge in [-0.2, -0.15) is 0 Å². The monoisotopic (exact) mass is 268 g/mol. The SMILES string of the molecule is Cc1cc(-c2cnc3cc(C)c(C)cc3n2)c(C)s1. The van der Waals surface area contributed by atoms with Crippen molar-refractivity contribution < 1.29 is 0 Å². The minimum Gasteiger partial charge on any atom is -0.252 e. The Kier molecular flexibility index (Phi) is 2.86. The van der Waals surface area contributed by atoms with Gasteiger partial charge in [-0.25, -0.2) is 4.98 Å². The number of fused-ring (bicyclic) bond motifs is 1. The molecule has 2 aromatic heterocycles. The van der Waals surface area contributed by atoms with E-state index in [0.717, 1.165) is 16.7 Å². The molecule has 0 saturated carbocycles. The summed E-state index contributed by atoms with van der Waals surface area (Å²) in [5.41, 5.74) is 6.64. The minimum atomic E-state index is 0.969. The average Bonchev–Trinajstić information content (AvgIpc) is 2.69. The molecular formula is C16H16N2S. The second-order valence-electron chi connectivity index (χ2n) is 5.01. The molecule has 3 aromatic rings. The predicted molar refractivity (Wildman–Crippen MR) is 81.8 cm³/mol. The van der Waals surface area contributed by atoms with E-state index < -0.39 is 0 Å². The Morgan fingerprint density at radius 3 is 2.21 bits per heavy atom. The van der Waals surface area contributed by atoms with Crippen LogP contribution in [0.25, 0.3) is 22.3 Å². The lowest BCUT2D eigenvalue weighted by molar-refractivity contribution is 1.26. The lowest BCUT2D eigenvalue weighted by atomic mass is 10.1. The minimum absolute atomic E-state index is 0.969. The maximum atomic E-state index is 4.77. The van der Waals surface area contributed by atoms with Gasteiger partial charge in [0, 0.05) is 15.3 Å². The van der Waals surface area contributed by atoms with Crippen LogP contribution < -0.4 is 0 Å². The molecular weight excluding hydrogens is 252 g/mol. The molecule has 0 saturated heterocycles. The van der Waals surface area contributed by atoms with Crippen LogP contribution in [0.1, 0.15) is 20.9 Å². The molecule has 96 valence electrons. The number of thiophene rings is 1. The third-order valence-electron chi connectivity index (χ3n) is 3.47. The Morgan fingerprint density at radius 1 is 0.895 bits per heavy atom. The van der Waals surface area contributed by atoms with E-state index in [0.29, 0.717) is 0 Å². The molecule has 19 heavy (non-hydrogen) atoms. The molecule has 0 aliphatic carbocycles. The maximum Gasteiger partial charge on any atom is 0.0904 e. The van der Waals surface area contributed by atoms with Crippen molar-refractivity contribution in [2.24, 2.45) is 0 Å². The number of aromatic nitrogens is 2. The summed E-state index contributed by atoms with van der Waals surface area (Å²) in [4.78, 5) is 11.9. The van der Waals surface area contributed by atoms with Crippen LogP contribution in [0.3, 0.4) is 0 Å². The summed E-state index contributed by atoms with van der Waals surface area (Å²) in [5, 5.41) is 0. The zero-order chi connectivity index (χ0) is 13.6. The van der Waals surface area contributed by atoms with Gasteiger partial charge in [0.2, 0.25) is 0 Å². The molecule has 2 heterocycles. The largest absolute Gasteiger partial charge is 0.252 e. The van der Waals surface area contributed by atoms with E-state index >= 15 is 0 Å². The standard InChI is InChI=1S/C16H16N2S/c1-9-5-14-15(6-10(9)2)18-16(8-17-14)13-7-11(3)19-12(13)4/h5-8H,1-4H3. The second kappa shape index (κ2) is 4.42. The number of nitrogens with zero attached hydrogens (tertiary/aromatic N) is 2. The van der Waals surface area contributed by atoms with Crippen LogP contribution in [0, 0.1) is 27.7 Å². The Hall–Kier alpha value is -1.74. The summed E-state index contributed by atoms with van der Waals surface area (Å²) < 4.78 is 0. The van der Waals surface area contributed by atoms with Crippen molar-refractivity contribution in [1.29, 1.82) is 0 Å². The maximum absolute atomic E-state index is 4.77. The first-order valence-electron chi connectivity index (χ1n) is 6.36. The summed E-state index contributed by atoms with van der Waals surface area (Å²) in [6, 6.07) is 6.42. The van der Waals surface area contributed by atoms with Crippen molar-refractivity contribution in [2.75, 3.05) is 0 Å². The van der Waals surface area contributed by atoms with Crippen molar-refractivity contribution in [2.45, 2.75) is 27.7 Å². The van der Waals surface area contributed by atoms with Gasteiger partial charge in [-0.1, -0.05) is 0 Å². The molecule has 1 aromatic carbocycles. The van der Waals surface area contributed by atoms with E-state index in [1.54, 1.807) is 0 Å². The molecule has 0 aliphatic heterocycles. The van der Waals surface area contributed by atoms with Crippen LogP contribution in [0.15, 0.2) is 24.4 Å². The van der Waals surface area contributed by atoms with E-state index in [1.165, 1.54) is 26.4 Å². The summed E-state index contributed by atoms with van der Waals surface area (Å²) >= 11 is 1.81. The van der Waals surface area contributed by atoms with Gasteiger partial charge in [0.15, 0.2) is 0 Å². The van der Waals surface area contributed by atoms with Crippen molar-refractivity contribution >= 4 is 22.4 Å². The number of aryl methyl sites for hydroxylation is 4. The smallest absolute Gasteiger partial charge is 0.0904 e. The lowest BCUT2D eigenvalue weighted by Crippen LogP contribution is -1.91. The van der Waals surface area contributed by atoms with E-state index in [9.17, 15) is 0 Å². The van der Waals surface area contributed by atoms with Crippen LogP contribution in [0.4, 0.5) is 0 Å². The topological polar surface area (TPSA) is 25.8 Å². The zero-order valence-corrected chi connectivity index (χ0v) is 12.4. The fraction of sp³-hybridized carbons (Fsp3) is 0.250. The van der Waals surface area contributed by atoms with E-state index in [2.05, 4.69) is 50.9 Å². The number of rotatable bonds is 1. The Labute approximate surface area is 117 Å². The normalized spacial score (nSPS) is 11.2. The lowest BCUT2D eigenvalue weighted by Gasteiger charge is -2.05. The van der Waals surface area contributed by atoms with E-state index in [-0.39, 0.29) is 0 Å². The van der Waals surface area contributed by atoms with Crippen molar-refractivity contribution in [1.82, 2.24) is 9.97 Å². The number of hydrogen-bond acceptors (Lipinski definition) is 3. The summed E-state index contributed by atoms with van der Waals surface area (Å²) in [5.74, 6) is 0. The van der Waals surface area contributed by atoms with Crippen LogP contribution in [0.2, 0.25) is 0 Å². The summed E-state index contributed by atoms with van der Waals surface area (Å²) in [6.07, 6.45) is 1.88. The molecule has 0 fully saturated rings. The van der Waals surface area contributed by atoms with E-state index in [4.69, 9.17) is 4.98 Å². The van der Waals surface area contributed by atoms with Crippen molar-refractivity contribution in [3.8, 4) is 11.3 Å². The van der Waals surface area contributed by atoms with Gasteiger partial charge >= 0.3 is 0 Å². The van der Waals surface area contributed by atoms with Crippen LogP contribution in [0.5, 0.6) is 0 Å². The molecule has 0 spiro atoms. The quantitative estimate of drug-likeness (QED) is 0.645. The predicted octanol–water partition coefficient (Wildman–Crippen LogP) is 4.59. The van der Waals surface area contributed by atoms with Gasteiger partial charge in [0.1, 0.15) is 0 Å². The molecule has 0 N–H and O–H groups in total. The first-order valence-corrected chi connectivity index (χ1v) is 7.17. The Balaban J connectivity index is 2.21. The number of hydrogen-bond donors (Lipinski definition) is 0. The van der Waals surface area contributed by atoms with E-state index in [1.807, 2.05) is 17.5 Å². The third kappa shape index (κ3) is 2.15. The average molecular weight is 268 g/mol.